The largest absolute Gasteiger partial charge is 0.383 e. The third-order valence-electron chi connectivity index (χ3n) is 3.69. The molecule has 0 radical (unpaired) electrons. The fraction of sp³-hybridized carbons (Fsp3) is 0.727. The monoisotopic (exact) mass is 272 g/mol. The van der Waals surface area contributed by atoms with Gasteiger partial charge in [-0.1, -0.05) is 13.8 Å². The second kappa shape index (κ2) is 4.89. The Kier molecular flexibility index (Phi) is 3.63. The maximum Gasteiger partial charge on any atom is 0.248 e. The number of nitrogens with zero attached hydrogens (tertiary/aromatic N) is 2. The van der Waals surface area contributed by atoms with E-state index in [4.69, 9.17) is 5.73 Å². The summed E-state index contributed by atoms with van der Waals surface area (Å²) in [6, 6.07) is 0. The Morgan fingerprint density at radius 2 is 2.06 bits per heavy atom. The molecule has 1 fully saturated rings. The summed E-state index contributed by atoms with van der Waals surface area (Å²) in [6.07, 6.45) is 3.10. The van der Waals surface area contributed by atoms with Crippen LogP contribution >= 0.6 is 0 Å². The minimum atomic E-state index is -3.48. The Bertz CT molecular complexity index is 501. The average Bonchev–Trinajstić information content (AvgIpc) is 2.76. The van der Waals surface area contributed by atoms with Gasteiger partial charge in [-0.25, -0.2) is 8.42 Å². The van der Waals surface area contributed by atoms with Crippen molar-refractivity contribution in [2.45, 2.75) is 31.6 Å². The second-order valence-electron chi connectivity index (χ2n) is 5.13. The molecule has 102 valence electrons. The van der Waals surface area contributed by atoms with E-state index in [1.54, 1.807) is 0 Å². The highest BCUT2D eigenvalue weighted by Gasteiger charge is 2.32. The van der Waals surface area contributed by atoms with E-state index in [2.05, 4.69) is 24.0 Å². The molecule has 6 nitrogen and oxygen atoms in total. The molecule has 18 heavy (non-hydrogen) atoms. The molecule has 2 heterocycles. The van der Waals surface area contributed by atoms with E-state index >= 15 is 0 Å². The molecule has 2 rings (SSSR count). The van der Waals surface area contributed by atoms with E-state index < -0.39 is 10.0 Å². The summed E-state index contributed by atoms with van der Waals surface area (Å²) in [5, 5.41) is 6.13. The van der Waals surface area contributed by atoms with Gasteiger partial charge >= 0.3 is 0 Å². The number of anilines is 1. The van der Waals surface area contributed by atoms with Gasteiger partial charge in [-0.05, 0) is 24.7 Å². The normalized spacial score (nSPS) is 19.5. The molecule has 0 spiro atoms. The predicted octanol–water partition coefficient (Wildman–Crippen LogP) is 1.05. The van der Waals surface area contributed by atoms with Crippen LogP contribution in [-0.4, -0.2) is 36.0 Å². The molecule has 0 aromatic carbocycles. The minimum Gasteiger partial charge on any atom is -0.383 e. The van der Waals surface area contributed by atoms with Crippen LogP contribution in [0.5, 0.6) is 0 Å². The molecular formula is C11H20N4O2S. The highest BCUT2D eigenvalue weighted by molar-refractivity contribution is 7.89. The zero-order valence-corrected chi connectivity index (χ0v) is 11.6. The van der Waals surface area contributed by atoms with Crippen LogP contribution in [0.1, 0.15) is 26.7 Å². The fourth-order valence-electron chi connectivity index (χ4n) is 2.41. The Morgan fingerprint density at radius 3 is 2.50 bits per heavy atom. The van der Waals surface area contributed by atoms with Crippen molar-refractivity contribution >= 4 is 15.8 Å². The lowest BCUT2D eigenvalue weighted by Crippen LogP contribution is -2.39. The van der Waals surface area contributed by atoms with Gasteiger partial charge in [-0.3, -0.25) is 5.10 Å². The third-order valence-corrected chi connectivity index (χ3v) is 5.62. The number of rotatable bonds is 3. The number of aromatic nitrogens is 2. The van der Waals surface area contributed by atoms with Crippen LogP contribution in [0.4, 0.5) is 5.82 Å². The third kappa shape index (κ3) is 2.37. The number of nitrogen functional groups attached to an aromatic ring is 1. The van der Waals surface area contributed by atoms with Gasteiger partial charge in [-0.2, -0.15) is 9.40 Å². The molecule has 1 aromatic rings. The summed E-state index contributed by atoms with van der Waals surface area (Å²) in [6.45, 7) is 5.50. The number of piperidine rings is 1. The van der Waals surface area contributed by atoms with Gasteiger partial charge in [0.2, 0.25) is 10.0 Å². The Balaban J connectivity index is 2.12. The Labute approximate surface area is 108 Å². The van der Waals surface area contributed by atoms with Crippen molar-refractivity contribution in [2.24, 2.45) is 11.8 Å². The van der Waals surface area contributed by atoms with Gasteiger partial charge in [0, 0.05) is 13.1 Å². The van der Waals surface area contributed by atoms with Crippen LogP contribution in [0.25, 0.3) is 0 Å². The van der Waals surface area contributed by atoms with Gasteiger partial charge in [-0.15, -0.1) is 0 Å². The van der Waals surface area contributed by atoms with E-state index in [0.29, 0.717) is 24.9 Å². The quantitative estimate of drug-likeness (QED) is 0.860. The average molecular weight is 272 g/mol. The molecular weight excluding hydrogens is 252 g/mol. The number of nitrogens with one attached hydrogen (secondary N) is 1. The first-order valence-electron chi connectivity index (χ1n) is 6.22. The van der Waals surface area contributed by atoms with E-state index in [0.717, 1.165) is 12.8 Å². The van der Waals surface area contributed by atoms with Gasteiger partial charge in [0.1, 0.15) is 10.7 Å². The van der Waals surface area contributed by atoms with E-state index in [9.17, 15) is 8.42 Å². The first-order chi connectivity index (χ1) is 8.43. The topological polar surface area (TPSA) is 92.1 Å². The first-order valence-corrected chi connectivity index (χ1v) is 7.66. The SMILES string of the molecule is CC(C)C1CCN(S(=O)(=O)c2cn[nH]c2N)CC1. The number of H-pyrrole nitrogens is 1. The van der Waals surface area contributed by atoms with Crippen LogP contribution in [-0.2, 0) is 10.0 Å². The molecule has 0 aliphatic carbocycles. The standard InChI is InChI=1S/C11H20N4O2S/c1-8(2)9-3-5-15(6-4-9)18(16,17)10-7-13-14-11(10)12/h7-9H,3-6H2,1-2H3,(H3,12,13,14). The van der Waals surface area contributed by atoms with E-state index in [1.807, 2.05) is 0 Å². The fourth-order valence-corrected chi connectivity index (χ4v) is 3.89. The summed E-state index contributed by atoms with van der Waals surface area (Å²) in [4.78, 5) is 0.0884. The van der Waals surface area contributed by atoms with Crippen molar-refractivity contribution in [1.29, 1.82) is 0 Å². The van der Waals surface area contributed by atoms with Crippen LogP contribution in [0, 0.1) is 11.8 Å². The first kappa shape index (κ1) is 13.4. The highest BCUT2D eigenvalue weighted by Crippen LogP contribution is 2.29. The maximum atomic E-state index is 12.3. The Hall–Kier alpha value is -1.08. The summed E-state index contributed by atoms with van der Waals surface area (Å²) in [7, 11) is -3.48. The van der Waals surface area contributed by atoms with Crippen molar-refractivity contribution in [3.8, 4) is 0 Å². The number of sulfonamides is 1. The van der Waals surface area contributed by atoms with Crippen molar-refractivity contribution < 1.29 is 8.42 Å². The molecule has 1 aliphatic rings. The van der Waals surface area contributed by atoms with Crippen LogP contribution in [0.3, 0.4) is 0 Å². The summed E-state index contributed by atoms with van der Waals surface area (Å²) < 4.78 is 26.2. The predicted molar refractivity (Wildman–Crippen MR) is 69.3 cm³/mol. The molecule has 1 saturated heterocycles. The van der Waals surface area contributed by atoms with E-state index in [1.165, 1.54) is 10.5 Å². The van der Waals surface area contributed by atoms with Crippen LogP contribution < -0.4 is 5.73 Å². The van der Waals surface area contributed by atoms with Crippen LogP contribution in [0.15, 0.2) is 11.1 Å². The van der Waals surface area contributed by atoms with E-state index in [-0.39, 0.29) is 10.7 Å². The number of aromatic amines is 1. The van der Waals surface area contributed by atoms with Gasteiger partial charge in [0.05, 0.1) is 6.20 Å². The summed E-state index contributed by atoms with van der Waals surface area (Å²) in [5.74, 6) is 1.33. The molecule has 0 unspecified atom stereocenters. The Morgan fingerprint density at radius 1 is 1.44 bits per heavy atom. The van der Waals surface area contributed by atoms with Crippen molar-refractivity contribution in [3.05, 3.63) is 6.20 Å². The summed E-state index contributed by atoms with van der Waals surface area (Å²) in [5.41, 5.74) is 5.58. The van der Waals surface area contributed by atoms with Crippen LogP contribution in [0.2, 0.25) is 0 Å². The lowest BCUT2D eigenvalue weighted by molar-refractivity contribution is 0.226. The molecule has 3 N–H and O–H groups in total. The smallest absolute Gasteiger partial charge is 0.248 e. The highest BCUT2D eigenvalue weighted by atomic mass is 32.2. The molecule has 1 aromatic heterocycles. The van der Waals surface area contributed by atoms with Crippen molar-refractivity contribution in [1.82, 2.24) is 14.5 Å². The molecule has 1 aliphatic heterocycles. The lowest BCUT2D eigenvalue weighted by atomic mass is 9.87. The molecule has 0 saturated carbocycles. The molecule has 7 heteroatoms. The van der Waals surface area contributed by atoms with Gasteiger partial charge in [0.25, 0.3) is 0 Å². The minimum absolute atomic E-state index is 0.0884. The molecule has 0 bridgehead atoms. The maximum absolute atomic E-state index is 12.3. The number of hydrogen-bond acceptors (Lipinski definition) is 4. The zero-order chi connectivity index (χ0) is 13.3. The molecule has 0 amide bonds. The van der Waals surface area contributed by atoms with Crippen molar-refractivity contribution in [3.63, 3.8) is 0 Å². The molecule has 0 atom stereocenters. The van der Waals surface area contributed by atoms with Crippen molar-refractivity contribution in [2.75, 3.05) is 18.8 Å². The lowest BCUT2D eigenvalue weighted by Gasteiger charge is -2.32. The summed E-state index contributed by atoms with van der Waals surface area (Å²) >= 11 is 0. The van der Waals surface area contributed by atoms with Gasteiger partial charge in [0.15, 0.2) is 0 Å². The second-order valence-corrected chi connectivity index (χ2v) is 7.04. The number of hydrogen-bond donors (Lipinski definition) is 2. The number of nitrogens with two attached hydrogens (primary N) is 1. The van der Waals surface area contributed by atoms with Gasteiger partial charge < -0.3 is 5.73 Å². The zero-order valence-electron chi connectivity index (χ0n) is 10.8.